The first-order chi connectivity index (χ1) is 9.96. The van der Waals surface area contributed by atoms with Gasteiger partial charge in [-0.2, -0.15) is 5.26 Å². The van der Waals surface area contributed by atoms with Crippen molar-refractivity contribution >= 4 is 9.84 Å². The SMILES string of the molecule is Cc1ccc(S(=O)(=O)C(C#N)C2CCCCCC2)cc1C. The topological polar surface area (TPSA) is 57.9 Å². The molecular weight excluding hydrogens is 282 g/mol. The van der Waals surface area contributed by atoms with Crippen LogP contribution in [0.15, 0.2) is 23.1 Å². The highest BCUT2D eigenvalue weighted by Gasteiger charge is 2.35. The molecule has 0 bridgehead atoms. The fourth-order valence-electron chi connectivity index (χ4n) is 3.08. The van der Waals surface area contributed by atoms with Crippen LogP contribution in [0.25, 0.3) is 0 Å². The van der Waals surface area contributed by atoms with Crippen LogP contribution >= 0.6 is 0 Å². The Bertz CT molecular complexity index is 635. The van der Waals surface area contributed by atoms with Crippen LogP contribution in [-0.4, -0.2) is 13.7 Å². The van der Waals surface area contributed by atoms with Gasteiger partial charge in [0.15, 0.2) is 15.1 Å². The largest absolute Gasteiger partial charge is 0.222 e. The maximum atomic E-state index is 12.8. The second-order valence-electron chi connectivity index (χ2n) is 6.09. The van der Waals surface area contributed by atoms with Crippen LogP contribution < -0.4 is 0 Å². The van der Waals surface area contributed by atoms with Gasteiger partial charge in [-0.15, -0.1) is 0 Å². The van der Waals surface area contributed by atoms with E-state index in [0.717, 1.165) is 49.7 Å². The molecule has 1 unspecified atom stereocenters. The Morgan fingerprint density at radius 3 is 2.24 bits per heavy atom. The van der Waals surface area contributed by atoms with Crippen LogP contribution in [0.4, 0.5) is 0 Å². The van der Waals surface area contributed by atoms with E-state index in [-0.39, 0.29) is 5.92 Å². The number of nitriles is 1. The summed E-state index contributed by atoms with van der Waals surface area (Å²) in [4.78, 5) is 0.293. The lowest BCUT2D eigenvalue weighted by atomic mass is 9.97. The van der Waals surface area contributed by atoms with Crippen LogP contribution in [0, 0.1) is 31.1 Å². The van der Waals surface area contributed by atoms with E-state index in [2.05, 4.69) is 6.07 Å². The Hall–Kier alpha value is -1.34. The fraction of sp³-hybridized carbons (Fsp3) is 0.588. The maximum Gasteiger partial charge on any atom is 0.194 e. The minimum absolute atomic E-state index is 0.0240. The predicted octanol–water partition coefficient (Wildman–Crippen LogP) is 3.94. The zero-order valence-corrected chi connectivity index (χ0v) is 13.6. The highest BCUT2D eigenvalue weighted by atomic mass is 32.2. The summed E-state index contributed by atoms with van der Waals surface area (Å²) in [6, 6.07) is 7.25. The third kappa shape index (κ3) is 3.47. The van der Waals surface area contributed by atoms with Crippen molar-refractivity contribution in [1.29, 1.82) is 5.26 Å². The number of hydrogen-bond donors (Lipinski definition) is 0. The van der Waals surface area contributed by atoms with Crippen molar-refractivity contribution in [3.8, 4) is 6.07 Å². The minimum Gasteiger partial charge on any atom is -0.222 e. The molecule has 1 saturated carbocycles. The van der Waals surface area contributed by atoms with Gasteiger partial charge in [0.25, 0.3) is 0 Å². The first kappa shape index (κ1) is 16.0. The van der Waals surface area contributed by atoms with Crippen LogP contribution in [0.3, 0.4) is 0 Å². The molecule has 1 atom stereocenters. The smallest absolute Gasteiger partial charge is 0.194 e. The van der Waals surface area contributed by atoms with Gasteiger partial charge >= 0.3 is 0 Å². The quantitative estimate of drug-likeness (QED) is 0.795. The average Bonchev–Trinajstić information content (AvgIpc) is 2.71. The van der Waals surface area contributed by atoms with Crippen LogP contribution in [0.1, 0.15) is 49.7 Å². The molecule has 1 aliphatic carbocycles. The number of nitrogens with zero attached hydrogens (tertiary/aromatic N) is 1. The van der Waals surface area contributed by atoms with Crippen LogP contribution in [-0.2, 0) is 9.84 Å². The first-order valence-corrected chi connectivity index (χ1v) is 9.22. The van der Waals surface area contributed by atoms with Crippen molar-refractivity contribution in [2.24, 2.45) is 5.92 Å². The molecule has 114 valence electrons. The maximum absolute atomic E-state index is 12.8. The van der Waals surface area contributed by atoms with E-state index in [1.54, 1.807) is 12.1 Å². The molecule has 0 amide bonds. The highest BCUT2D eigenvalue weighted by molar-refractivity contribution is 7.92. The molecule has 4 heteroatoms. The van der Waals surface area contributed by atoms with E-state index >= 15 is 0 Å². The summed E-state index contributed by atoms with van der Waals surface area (Å²) in [5.74, 6) is -0.0240. The van der Waals surface area contributed by atoms with Gasteiger partial charge in [-0.3, -0.25) is 0 Å². The Kier molecular flexibility index (Phi) is 5.05. The second-order valence-corrected chi connectivity index (χ2v) is 8.16. The van der Waals surface area contributed by atoms with E-state index in [0.29, 0.717) is 4.90 Å². The molecule has 0 aliphatic heterocycles. The van der Waals surface area contributed by atoms with Gasteiger partial charge in [0, 0.05) is 0 Å². The van der Waals surface area contributed by atoms with E-state index in [1.165, 1.54) is 0 Å². The molecule has 2 rings (SSSR count). The van der Waals surface area contributed by atoms with E-state index in [4.69, 9.17) is 0 Å². The number of benzene rings is 1. The Morgan fingerprint density at radius 1 is 1.10 bits per heavy atom. The van der Waals surface area contributed by atoms with Gasteiger partial charge in [-0.05, 0) is 55.9 Å². The Balaban J connectivity index is 2.35. The van der Waals surface area contributed by atoms with E-state index in [9.17, 15) is 13.7 Å². The number of rotatable bonds is 3. The Morgan fingerprint density at radius 2 is 1.71 bits per heavy atom. The fourth-order valence-corrected chi connectivity index (χ4v) is 4.89. The minimum atomic E-state index is -3.57. The van der Waals surface area contributed by atoms with Crippen molar-refractivity contribution in [3.05, 3.63) is 29.3 Å². The molecule has 0 saturated heterocycles. The molecule has 21 heavy (non-hydrogen) atoms. The van der Waals surface area contributed by atoms with Crippen molar-refractivity contribution in [2.45, 2.75) is 62.5 Å². The molecule has 1 aliphatic rings. The molecule has 0 radical (unpaired) electrons. The van der Waals surface area contributed by atoms with Crippen molar-refractivity contribution in [3.63, 3.8) is 0 Å². The molecular formula is C17H23NO2S. The monoisotopic (exact) mass is 305 g/mol. The number of aryl methyl sites for hydroxylation is 2. The van der Waals surface area contributed by atoms with Gasteiger partial charge in [0.1, 0.15) is 0 Å². The summed E-state index contributed by atoms with van der Waals surface area (Å²) in [6.45, 7) is 3.86. The van der Waals surface area contributed by atoms with Gasteiger partial charge < -0.3 is 0 Å². The lowest BCUT2D eigenvalue weighted by molar-refractivity contribution is 0.459. The molecule has 1 aromatic rings. The molecule has 1 aromatic carbocycles. The van der Waals surface area contributed by atoms with Gasteiger partial charge in [0.2, 0.25) is 0 Å². The normalized spacial score (nSPS) is 18.7. The van der Waals surface area contributed by atoms with Crippen molar-refractivity contribution < 1.29 is 8.42 Å². The highest BCUT2D eigenvalue weighted by Crippen LogP contribution is 2.32. The summed E-state index contributed by atoms with van der Waals surface area (Å²) in [6.07, 6.45) is 6.07. The van der Waals surface area contributed by atoms with E-state index in [1.807, 2.05) is 19.9 Å². The third-order valence-electron chi connectivity index (χ3n) is 4.60. The van der Waals surface area contributed by atoms with E-state index < -0.39 is 15.1 Å². The predicted molar refractivity (Wildman–Crippen MR) is 83.7 cm³/mol. The summed E-state index contributed by atoms with van der Waals surface area (Å²) in [5, 5.41) is 8.56. The average molecular weight is 305 g/mol. The number of sulfone groups is 1. The lowest BCUT2D eigenvalue weighted by Crippen LogP contribution is -2.28. The second kappa shape index (κ2) is 6.62. The lowest BCUT2D eigenvalue weighted by Gasteiger charge is -2.20. The summed E-state index contributed by atoms with van der Waals surface area (Å²) < 4.78 is 25.6. The van der Waals surface area contributed by atoms with Gasteiger partial charge in [-0.1, -0.05) is 31.7 Å². The summed E-state index contributed by atoms with van der Waals surface area (Å²) in [7, 11) is -3.57. The molecule has 0 aromatic heterocycles. The van der Waals surface area contributed by atoms with Crippen LogP contribution in [0.2, 0.25) is 0 Å². The Labute approximate surface area is 127 Å². The summed E-state index contributed by atoms with van der Waals surface area (Å²) >= 11 is 0. The standard InChI is InChI=1S/C17H23NO2S/c1-13-9-10-16(11-14(13)2)21(19,20)17(12-18)15-7-5-3-4-6-8-15/h9-11,15,17H,3-8H2,1-2H3. The number of hydrogen-bond acceptors (Lipinski definition) is 3. The molecule has 0 N–H and O–H groups in total. The van der Waals surface area contributed by atoms with Crippen molar-refractivity contribution in [2.75, 3.05) is 0 Å². The summed E-state index contributed by atoms with van der Waals surface area (Å²) in [5.41, 5.74) is 2.02. The molecule has 3 nitrogen and oxygen atoms in total. The third-order valence-corrected chi connectivity index (χ3v) is 6.67. The molecule has 0 spiro atoms. The molecule has 0 heterocycles. The first-order valence-electron chi connectivity index (χ1n) is 7.67. The van der Waals surface area contributed by atoms with Crippen LogP contribution in [0.5, 0.6) is 0 Å². The molecule has 1 fully saturated rings. The van der Waals surface area contributed by atoms with Crippen molar-refractivity contribution in [1.82, 2.24) is 0 Å². The zero-order chi connectivity index (χ0) is 15.5. The zero-order valence-electron chi connectivity index (χ0n) is 12.8. The van der Waals surface area contributed by atoms with Gasteiger partial charge in [0.05, 0.1) is 11.0 Å². The van der Waals surface area contributed by atoms with Gasteiger partial charge in [-0.25, -0.2) is 8.42 Å².